The van der Waals surface area contributed by atoms with Gasteiger partial charge in [-0.15, -0.1) is 0 Å². The number of aromatic nitrogens is 1. The summed E-state index contributed by atoms with van der Waals surface area (Å²) in [7, 11) is 0. The summed E-state index contributed by atoms with van der Waals surface area (Å²) >= 11 is 0. The van der Waals surface area contributed by atoms with Crippen molar-refractivity contribution in [2.45, 2.75) is 52.4 Å². The number of esters is 1. The van der Waals surface area contributed by atoms with E-state index in [1.54, 1.807) is 24.5 Å². The lowest BCUT2D eigenvalue weighted by molar-refractivity contribution is -0.148. The number of hydrogen-bond donors (Lipinski definition) is 1. The van der Waals surface area contributed by atoms with E-state index in [9.17, 15) is 9.59 Å². The van der Waals surface area contributed by atoms with Gasteiger partial charge in [0.1, 0.15) is 0 Å². The van der Waals surface area contributed by atoms with Crippen LogP contribution in [-0.4, -0.2) is 28.6 Å². The molecule has 5 nitrogen and oxygen atoms in total. The largest absolute Gasteiger partial charge is 0.478 e. The number of benzene rings is 1. The van der Waals surface area contributed by atoms with Crippen molar-refractivity contribution in [2.75, 3.05) is 6.61 Å². The minimum atomic E-state index is -0.914. The SMILES string of the molecule is CCOC(=O)C(C)CC(CCc1ccncc1)CC(C)c1ccc(C(=O)O)cc1. The van der Waals surface area contributed by atoms with Gasteiger partial charge in [-0.05, 0) is 79.8 Å². The molecule has 3 atom stereocenters. The first-order valence-corrected chi connectivity index (χ1v) is 10.3. The molecule has 0 aliphatic rings. The van der Waals surface area contributed by atoms with E-state index in [0.29, 0.717) is 18.1 Å². The number of carboxylic acid groups (broad SMARTS) is 1. The number of carboxylic acids is 1. The van der Waals surface area contributed by atoms with Crippen LogP contribution in [0.4, 0.5) is 0 Å². The summed E-state index contributed by atoms with van der Waals surface area (Å²) in [6.07, 6.45) is 7.23. The van der Waals surface area contributed by atoms with E-state index in [0.717, 1.165) is 31.2 Å². The average Bonchev–Trinajstić information content (AvgIpc) is 2.72. The quantitative estimate of drug-likeness (QED) is 0.533. The highest BCUT2D eigenvalue weighted by atomic mass is 16.5. The van der Waals surface area contributed by atoms with Crippen molar-refractivity contribution in [2.24, 2.45) is 11.8 Å². The maximum Gasteiger partial charge on any atom is 0.335 e. The average molecular weight is 398 g/mol. The molecule has 0 radical (unpaired) electrons. The fourth-order valence-electron chi connectivity index (χ4n) is 3.72. The molecule has 0 saturated carbocycles. The highest BCUT2D eigenvalue weighted by Crippen LogP contribution is 2.31. The Labute approximate surface area is 173 Å². The van der Waals surface area contributed by atoms with Crippen molar-refractivity contribution in [3.63, 3.8) is 0 Å². The Hall–Kier alpha value is -2.69. The molecule has 0 saturated heterocycles. The van der Waals surface area contributed by atoms with Crippen molar-refractivity contribution in [3.05, 3.63) is 65.5 Å². The number of pyridine rings is 1. The van der Waals surface area contributed by atoms with E-state index in [1.807, 2.05) is 38.1 Å². The van der Waals surface area contributed by atoms with Crippen molar-refractivity contribution in [3.8, 4) is 0 Å². The van der Waals surface area contributed by atoms with Crippen LogP contribution < -0.4 is 0 Å². The highest BCUT2D eigenvalue weighted by molar-refractivity contribution is 5.87. The molecule has 0 amide bonds. The molecule has 29 heavy (non-hydrogen) atoms. The summed E-state index contributed by atoms with van der Waals surface area (Å²) in [5, 5.41) is 9.08. The van der Waals surface area contributed by atoms with Crippen LogP contribution in [0.2, 0.25) is 0 Å². The van der Waals surface area contributed by atoms with Crippen molar-refractivity contribution < 1.29 is 19.4 Å². The van der Waals surface area contributed by atoms with Crippen LogP contribution in [0.5, 0.6) is 0 Å². The summed E-state index contributed by atoms with van der Waals surface area (Å²) in [6, 6.07) is 11.1. The van der Waals surface area contributed by atoms with Gasteiger partial charge < -0.3 is 9.84 Å². The Morgan fingerprint density at radius 1 is 1.03 bits per heavy atom. The summed E-state index contributed by atoms with van der Waals surface area (Å²) in [5.74, 6) is -0.562. The van der Waals surface area contributed by atoms with Crippen LogP contribution in [0.1, 0.15) is 67.4 Å². The predicted molar refractivity (Wildman–Crippen MR) is 113 cm³/mol. The van der Waals surface area contributed by atoms with Crippen LogP contribution in [-0.2, 0) is 16.0 Å². The Balaban J connectivity index is 2.05. The minimum absolute atomic E-state index is 0.139. The second-order valence-corrected chi connectivity index (χ2v) is 7.71. The van der Waals surface area contributed by atoms with E-state index in [4.69, 9.17) is 9.84 Å². The van der Waals surface area contributed by atoms with E-state index in [-0.39, 0.29) is 17.8 Å². The van der Waals surface area contributed by atoms with Gasteiger partial charge in [0.05, 0.1) is 18.1 Å². The summed E-state index contributed by atoms with van der Waals surface area (Å²) in [6.45, 7) is 6.32. The van der Waals surface area contributed by atoms with Gasteiger partial charge in [-0.25, -0.2) is 4.79 Å². The minimum Gasteiger partial charge on any atom is -0.478 e. The number of aromatic carboxylic acids is 1. The lowest BCUT2D eigenvalue weighted by atomic mass is 9.82. The summed E-state index contributed by atoms with van der Waals surface area (Å²) in [4.78, 5) is 27.3. The first-order chi connectivity index (χ1) is 13.9. The molecule has 0 aliphatic carbocycles. The maximum absolute atomic E-state index is 12.1. The number of nitrogens with zero attached hydrogens (tertiary/aromatic N) is 1. The molecule has 1 N–H and O–H groups in total. The fourth-order valence-corrected chi connectivity index (χ4v) is 3.72. The molecule has 3 unspecified atom stereocenters. The van der Waals surface area contributed by atoms with Crippen LogP contribution in [0.15, 0.2) is 48.8 Å². The number of rotatable bonds is 11. The van der Waals surface area contributed by atoms with E-state index in [1.165, 1.54) is 5.56 Å². The number of ether oxygens (including phenoxy) is 1. The Morgan fingerprint density at radius 2 is 1.69 bits per heavy atom. The molecule has 156 valence electrons. The monoisotopic (exact) mass is 397 g/mol. The molecule has 0 fully saturated rings. The van der Waals surface area contributed by atoms with Crippen LogP contribution in [0.25, 0.3) is 0 Å². The fraction of sp³-hybridized carbons (Fsp3) is 0.458. The lowest BCUT2D eigenvalue weighted by Gasteiger charge is -2.24. The van der Waals surface area contributed by atoms with E-state index in [2.05, 4.69) is 11.9 Å². The Kier molecular flexibility index (Phi) is 8.84. The molecule has 0 aliphatic heterocycles. The summed E-state index contributed by atoms with van der Waals surface area (Å²) < 4.78 is 5.19. The maximum atomic E-state index is 12.1. The zero-order valence-electron chi connectivity index (χ0n) is 17.5. The second-order valence-electron chi connectivity index (χ2n) is 7.71. The number of aryl methyl sites for hydroxylation is 1. The zero-order valence-corrected chi connectivity index (χ0v) is 17.5. The molecular formula is C24H31NO4. The van der Waals surface area contributed by atoms with Gasteiger partial charge in [0.15, 0.2) is 0 Å². The van der Waals surface area contributed by atoms with Crippen LogP contribution in [0.3, 0.4) is 0 Å². The smallest absolute Gasteiger partial charge is 0.335 e. The van der Waals surface area contributed by atoms with Gasteiger partial charge in [-0.2, -0.15) is 0 Å². The second kappa shape index (κ2) is 11.3. The van der Waals surface area contributed by atoms with Gasteiger partial charge >= 0.3 is 11.9 Å². The van der Waals surface area contributed by atoms with Crippen LogP contribution >= 0.6 is 0 Å². The Morgan fingerprint density at radius 3 is 2.28 bits per heavy atom. The van der Waals surface area contributed by atoms with Crippen molar-refractivity contribution in [1.82, 2.24) is 4.98 Å². The van der Waals surface area contributed by atoms with Gasteiger partial charge in [-0.1, -0.05) is 26.0 Å². The van der Waals surface area contributed by atoms with Gasteiger partial charge in [0, 0.05) is 12.4 Å². The topological polar surface area (TPSA) is 76.5 Å². The first kappa shape index (κ1) is 22.6. The standard InChI is InChI=1S/C24H31NO4/c1-4-29-24(28)18(3)16-20(6-5-19-11-13-25-14-12-19)15-17(2)21-7-9-22(10-8-21)23(26)27/h7-14,17-18,20H,4-6,15-16H2,1-3H3,(H,26,27). The lowest BCUT2D eigenvalue weighted by Crippen LogP contribution is -2.19. The zero-order chi connectivity index (χ0) is 21.2. The molecule has 2 aromatic rings. The molecule has 1 aromatic carbocycles. The third-order valence-electron chi connectivity index (χ3n) is 5.38. The normalized spacial score (nSPS) is 14.0. The van der Waals surface area contributed by atoms with E-state index >= 15 is 0 Å². The third-order valence-corrected chi connectivity index (χ3v) is 5.38. The van der Waals surface area contributed by atoms with Crippen LogP contribution in [0, 0.1) is 11.8 Å². The molecule has 5 heteroatoms. The summed E-state index contributed by atoms with van der Waals surface area (Å²) in [5.41, 5.74) is 2.66. The molecule has 0 bridgehead atoms. The van der Waals surface area contributed by atoms with Crippen molar-refractivity contribution in [1.29, 1.82) is 0 Å². The molecule has 1 heterocycles. The van der Waals surface area contributed by atoms with Gasteiger partial charge in [0.2, 0.25) is 0 Å². The van der Waals surface area contributed by atoms with Crippen molar-refractivity contribution >= 4 is 11.9 Å². The first-order valence-electron chi connectivity index (χ1n) is 10.3. The number of carbonyl (C=O) groups is 2. The molecular weight excluding hydrogens is 366 g/mol. The molecule has 1 aromatic heterocycles. The Bertz CT molecular complexity index is 773. The molecule has 2 rings (SSSR count). The molecule has 0 spiro atoms. The number of carbonyl (C=O) groups excluding carboxylic acids is 1. The van der Waals surface area contributed by atoms with Gasteiger partial charge in [0.25, 0.3) is 0 Å². The third kappa shape index (κ3) is 7.33. The highest BCUT2D eigenvalue weighted by Gasteiger charge is 2.22. The predicted octanol–water partition coefficient (Wildman–Crippen LogP) is 5.11. The van der Waals surface area contributed by atoms with E-state index < -0.39 is 5.97 Å². The van der Waals surface area contributed by atoms with Gasteiger partial charge in [-0.3, -0.25) is 9.78 Å². The number of hydrogen-bond acceptors (Lipinski definition) is 4.